The van der Waals surface area contributed by atoms with E-state index in [0.29, 0.717) is 0 Å². The normalized spacial score (nSPS) is 13.8. The van der Waals surface area contributed by atoms with Crippen molar-refractivity contribution in [1.29, 1.82) is 0 Å². The Bertz CT molecular complexity index is 355. The summed E-state index contributed by atoms with van der Waals surface area (Å²) < 4.78 is 0. The second-order valence-corrected chi connectivity index (χ2v) is 4.65. The molecule has 102 valence electrons. The predicted octanol–water partition coefficient (Wildman–Crippen LogP) is 4.02. The van der Waals surface area contributed by atoms with Crippen molar-refractivity contribution in [3.63, 3.8) is 0 Å². The van der Waals surface area contributed by atoms with Crippen molar-refractivity contribution in [2.75, 3.05) is 4.90 Å². The Kier molecular flexibility index (Phi) is 7.31. The summed E-state index contributed by atoms with van der Waals surface area (Å²) in [6.45, 7) is 12.6. The molecular weight excluding hydrogens is 403 g/mol. The SMILES string of the molecule is CC.CC(C)(C)N1C=CN(c2[c-]cccc2)[CH-]1.[Pt+2]. The smallest absolute Gasteiger partial charge is 0.504 e. The third-order valence-corrected chi connectivity index (χ3v) is 2.38. The molecule has 0 unspecified atom stereocenters. The van der Waals surface area contributed by atoms with Gasteiger partial charge in [0, 0.05) is 5.54 Å². The van der Waals surface area contributed by atoms with Gasteiger partial charge in [-0.25, -0.2) is 0 Å². The largest absolute Gasteiger partial charge is 2.00 e. The van der Waals surface area contributed by atoms with E-state index >= 15 is 0 Å². The fourth-order valence-corrected chi connectivity index (χ4v) is 1.44. The van der Waals surface area contributed by atoms with Gasteiger partial charge in [-0.15, -0.1) is 5.69 Å². The predicted molar refractivity (Wildman–Crippen MR) is 74.1 cm³/mol. The van der Waals surface area contributed by atoms with Gasteiger partial charge in [0.15, 0.2) is 0 Å². The summed E-state index contributed by atoms with van der Waals surface area (Å²) in [6.07, 6.45) is 4.14. The van der Waals surface area contributed by atoms with E-state index in [2.05, 4.69) is 55.7 Å². The van der Waals surface area contributed by atoms with Gasteiger partial charge in [-0.05, 0) is 33.2 Å². The first-order valence-electron chi connectivity index (χ1n) is 6.14. The fraction of sp³-hybridized carbons (Fsp3) is 0.400. The summed E-state index contributed by atoms with van der Waals surface area (Å²) in [5.74, 6) is 0. The average Bonchev–Trinajstić information content (AvgIpc) is 2.82. The van der Waals surface area contributed by atoms with E-state index in [9.17, 15) is 0 Å². The van der Waals surface area contributed by atoms with Crippen LogP contribution in [0, 0.1) is 12.7 Å². The molecule has 0 N–H and O–H groups in total. The molecule has 1 heterocycles. The quantitative estimate of drug-likeness (QED) is 0.628. The molecule has 0 saturated carbocycles. The molecule has 0 radical (unpaired) electrons. The van der Waals surface area contributed by atoms with E-state index in [4.69, 9.17) is 0 Å². The molecular formula is C15H22N2Pt. The van der Waals surface area contributed by atoms with Crippen LogP contribution in [0.5, 0.6) is 0 Å². The number of nitrogens with zero attached hydrogens (tertiary/aromatic N) is 2. The van der Waals surface area contributed by atoms with E-state index in [1.807, 2.05) is 38.1 Å². The average molecular weight is 425 g/mol. The van der Waals surface area contributed by atoms with Gasteiger partial charge < -0.3 is 9.80 Å². The molecule has 2 nitrogen and oxygen atoms in total. The van der Waals surface area contributed by atoms with Crippen LogP contribution in [0.4, 0.5) is 5.69 Å². The minimum absolute atomic E-state index is 0. The minimum Gasteiger partial charge on any atom is -0.504 e. The number of benzene rings is 1. The van der Waals surface area contributed by atoms with Gasteiger partial charge in [-0.1, -0.05) is 13.8 Å². The molecule has 1 aliphatic rings. The van der Waals surface area contributed by atoms with Crippen molar-refractivity contribution < 1.29 is 21.1 Å². The maximum Gasteiger partial charge on any atom is 2.00 e. The van der Waals surface area contributed by atoms with Gasteiger partial charge in [0.25, 0.3) is 0 Å². The van der Waals surface area contributed by atoms with Gasteiger partial charge in [0.2, 0.25) is 0 Å². The van der Waals surface area contributed by atoms with Crippen LogP contribution < -0.4 is 4.90 Å². The first-order valence-corrected chi connectivity index (χ1v) is 6.14. The molecule has 0 bridgehead atoms. The summed E-state index contributed by atoms with van der Waals surface area (Å²) in [4.78, 5) is 4.26. The monoisotopic (exact) mass is 425 g/mol. The zero-order chi connectivity index (χ0) is 12.9. The molecule has 0 saturated heterocycles. The molecule has 0 spiro atoms. The Hall–Kier alpha value is -0.752. The summed E-state index contributed by atoms with van der Waals surface area (Å²) in [5.41, 5.74) is 1.19. The molecule has 1 aliphatic heterocycles. The van der Waals surface area contributed by atoms with Crippen LogP contribution in [-0.4, -0.2) is 10.4 Å². The zero-order valence-corrected chi connectivity index (χ0v) is 14.0. The number of anilines is 1. The second kappa shape index (κ2) is 7.63. The molecule has 0 fully saturated rings. The first-order chi connectivity index (χ1) is 8.07. The Morgan fingerprint density at radius 3 is 2.22 bits per heavy atom. The number of rotatable bonds is 1. The van der Waals surface area contributed by atoms with E-state index in [1.54, 1.807) is 0 Å². The van der Waals surface area contributed by atoms with Crippen LogP contribution in [-0.2, 0) is 21.1 Å². The number of hydrogen-bond donors (Lipinski definition) is 0. The van der Waals surface area contributed by atoms with Crippen molar-refractivity contribution in [1.82, 2.24) is 4.90 Å². The van der Waals surface area contributed by atoms with E-state index < -0.39 is 0 Å². The molecule has 1 aromatic carbocycles. The van der Waals surface area contributed by atoms with Crippen LogP contribution in [0.2, 0.25) is 0 Å². The van der Waals surface area contributed by atoms with Gasteiger partial charge in [-0.2, -0.15) is 37.0 Å². The molecule has 0 aliphatic carbocycles. The van der Waals surface area contributed by atoms with E-state index in [-0.39, 0.29) is 26.6 Å². The zero-order valence-electron chi connectivity index (χ0n) is 11.8. The maximum atomic E-state index is 3.20. The van der Waals surface area contributed by atoms with Crippen molar-refractivity contribution in [2.45, 2.75) is 40.2 Å². The standard InChI is InChI=1S/C13H16N2.C2H6.Pt/c1-13(2,3)15-10-9-14(11-15)12-7-5-4-6-8-12;1-2;/h4-7,9-11H,1-3H3;1-2H3;/q-2;;+2. The Balaban J connectivity index is 0.000000917. The Morgan fingerprint density at radius 1 is 1.11 bits per heavy atom. The van der Waals surface area contributed by atoms with Crippen LogP contribution >= 0.6 is 0 Å². The van der Waals surface area contributed by atoms with Gasteiger partial charge >= 0.3 is 21.1 Å². The van der Waals surface area contributed by atoms with Crippen LogP contribution in [0.1, 0.15) is 34.6 Å². The van der Waals surface area contributed by atoms with Crippen LogP contribution in [0.25, 0.3) is 0 Å². The van der Waals surface area contributed by atoms with Crippen LogP contribution in [0.15, 0.2) is 36.7 Å². The molecule has 1 aromatic rings. The maximum absolute atomic E-state index is 3.20. The minimum atomic E-state index is 0. The third kappa shape index (κ3) is 4.49. The van der Waals surface area contributed by atoms with Crippen molar-refractivity contribution >= 4 is 5.69 Å². The van der Waals surface area contributed by atoms with Gasteiger partial charge in [0.1, 0.15) is 0 Å². The van der Waals surface area contributed by atoms with Crippen molar-refractivity contribution in [3.8, 4) is 0 Å². The molecule has 0 amide bonds. The molecule has 3 heteroatoms. The topological polar surface area (TPSA) is 6.48 Å². The third-order valence-electron chi connectivity index (χ3n) is 2.38. The Morgan fingerprint density at radius 2 is 1.78 bits per heavy atom. The van der Waals surface area contributed by atoms with E-state index in [1.165, 1.54) is 0 Å². The summed E-state index contributed by atoms with van der Waals surface area (Å²) >= 11 is 0. The van der Waals surface area contributed by atoms with Crippen molar-refractivity contribution in [3.05, 3.63) is 49.4 Å². The number of hydrogen-bond acceptors (Lipinski definition) is 2. The summed E-state index contributed by atoms with van der Waals surface area (Å²) in [6, 6.07) is 11.2. The second-order valence-electron chi connectivity index (χ2n) is 4.65. The fourth-order valence-electron chi connectivity index (χ4n) is 1.44. The summed E-state index contributed by atoms with van der Waals surface area (Å²) in [7, 11) is 0. The van der Waals surface area contributed by atoms with Crippen LogP contribution in [0.3, 0.4) is 0 Å². The molecule has 0 aromatic heterocycles. The summed E-state index contributed by atoms with van der Waals surface area (Å²) in [5, 5.41) is 0. The Labute approximate surface area is 126 Å². The van der Waals surface area contributed by atoms with Gasteiger partial charge in [-0.3, -0.25) is 0 Å². The van der Waals surface area contributed by atoms with Gasteiger partial charge in [0.05, 0.1) is 0 Å². The first kappa shape index (κ1) is 17.2. The molecule has 0 atom stereocenters. The molecule has 18 heavy (non-hydrogen) atoms. The van der Waals surface area contributed by atoms with Crippen molar-refractivity contribution in [2.24, 2.45) is 0 Å². The molecule has 2 rings (SSSR count). The van der Waals surface area contributed by atoms with E-state index in [0.717, 1.165) is 5.69 Å². The number of para-hydroxylation sites is 1.